The average Bonchev–Trinajstić information content (AvgIpc) is 3.31. The number of carbonyl (C=O) groups is 3. The highest BCUT2D eigenvalue weighted by Gasteiger charge is 2.35. The Morgan fingerprint density at radius 1 is 1.00 bits per heavy atom. The van der Waals surface area contributed by atoms with Gasteiger partial charge in [-0.05, 0) is 95.5 Å². The largest absolute Gasteiger partial charge is 0.443 e. The van der Waals surface area contributed by atoms with Crippen molar-refractivity contribution in [1.82, 2.24) is 25.2 Å². The highest BCUT2D eigenvalue weighted by molar-refractivity contribution is 6.14. The fourth-order valence-corrected chi connectivity index (χ4v) is 4.25. The molecule has 0 saturated heterocycles. The predicted octanol–water partition coefficient (Wildman–Crippen LogP) is 4.82. The molecule has 3 aromatic rings. The number of ether oxygens (including phenoxy) is 2. The van der Waals surface area contributed by atoms with Crippen LogP contribution in [0, 0.1) is 0 Å². The van der Waals surface area contributed by atoms with Crippen molar-refractivity contribution in [3.8, 4) is 0 Å². The monoisotopic (exact) mass is 550 g/mol. The molecule has 0 aliphatic carbocycles. The molecule has 4 rings (SSSR count). The molecule has 2 aromatic heterocycles. The van der Waals surface area contributed by atoms with Gasteiger partial charge in [-0.3, -0.25) is 4.79 Å². The lowest BCUT2D eigenvalue weighted by Crippen LogP contribution is -2.44. The molecule has 40 heavy (non-hydrogen) atoms. The standard InChI is InChI=1S/C27H34N8O5/c1-15-20(16(2)35-23(33(15)9)30-31-32-35)22(36)29-18-10-11-19-17(14-18)12-13-28-21(19)34(24(37)39-26(3,4)5)25(38)40-27(6,7)8/h10-14,16H,1-9H3,(H,29,36)/t16-/m1/s1. The van der Waals surface area contributed by atoms with Crippen LogP contribution in [0.2, 0.25) is 0 Å². The van der Waals surface area contributed by atoms with Crippen LogP contribution < -0.4 is 15.1 Å². The summed E-state index contributed by atoms with van der Waals surface area (Å²) in [4.78, 5) is 46.6. The minimum absolute atomic E-state index is 0.0474. The minimum atomic E-state index is -0.918. The Morgan fingerprint density at radius 3 is 2.23 bits per heavy atom. The van der Waals surface area contributed by atoms with Crippen LogP contribution in [0.25, 0.3) is 10.8 Å². The zero-order chi connectivity index (χ0) is 29.6. The molecular weight excluding hydrogens is 516 g/mol. The van der Waals surface area contributed by atoms with Crippen molar-refractivity contribution in [2.24, 2.45) is 0 Å². The van der Waals surface area contributed by atoms with E-state index in [2.05, 4.69) is 25.8 Å². The maximum absolute atomic E-state index is 13.4. The van der Waals surface area contributed by atoms with Gasteiger partial charge in [-0.1, -0.05) is 5.10 Å². The smallest absolute Gasteiger partial charge is 0.425 e. The lowest BCUT2D eigenvalue weighted by atomic mass is 10.0. The number of amides is 3. The molecule has 1 aliphatic heterocycles. The Morgan fingerprint density at radius 2 is 1.62 bits per heavy atom. The van der Waals surface area contributed by atoms with Gasteiger partial charge in [0.25, 0.3) is 5.91 Å². The molecule has 0 bridgehead atoms. The Balaban J connectivity index is 1.68. The summed E-state index contributed by atoms with van der Waals surface area (Å²) < 4.78 is 12.6. The van der Waals surface area contributed by atoms with Crippen LogP contribution in [0.3, 0.4) is 0 Å². The van der Waals surface area contributed by atoms with E-state index in [0.29, 0.717) is 28.0 Å². The van der Waals surface area contributed by atoms with Crippen LogP contribution in [0.4, 0.5) is 27.0 Å². The molecule has 0 saturated carbocycles. The molecule has 1 N–H and O–H groups in total. The van der Waals surface area contributed by atoms with Crippen molar-refractivity contribution < 1.29 is 23.9 Å². The number of tetrazole rings is 1. The third-order valence-electron chi connectivity index (χ3n) is 6.06. The number of aromatic nitrogens is 5. The zero-order valence-corrected chi connectivity index (χ0v) is 24.1. The number of pyridine rings is 1. The van der Waals surface area contributed by atoms with Crippen molar-refractivity contribution in [2.45, 2.75) is 72.6 Å². The van der Waals surface area contributed by atoms with Crippen LogP contribution in [0.5, 0.6) is 0 Å². The minimum Gasteiger partial charge on any atom is -0.443 e. The van der Waals surface area contributed by atoms with Crippen molar-refractivity contribution >= 4 is 46.3 Å². The van der Waals surface area contributed by atoms with E-state index in [1.165, 1.54) is 6.20 Å². The van der Waals surface area contributed by atoms with Gasteiger partial charge in [0.05, 0.1) is 11.6 Å². The number of benzene rings is 1. The molecule has 3 heterocycles. The number of hydrogen-bond acceptors (Lipinski definition) is 10. The summed E-state index contributed by atoms with van der Waals surface area (Å²) in [7, 11) is 1.79. The van der Waals surface area contributed by atoms with Gasteiger partial charge in [-0.15, -0.1) is 0 Å². The van der Waals surface area contributed by atoms with Gasteiger partial charge < -0.3 is 19.7 Å². The summed E-state index contributed by atoms with van der Waals surface area (Å²) in [6.07, 6.45) is -0.368. The molecule has 13 heteroatoms. The first kappa shape index (κ1) is 28.5. The first-order chi connectivity index (χ1) is 18.6. The highest BCUT2D eigenvalue weighted by atomic mass is 16.6. The van der Waals surface area contributed by atoms with E-state index in [1.54, 1.807) is 82.4 Å². The molecule has 0 spiro atoms. The Hall–Kier alpha value is -4.55. The van der Waals surface area contributed by atoms with Gasteiger partial charge >= 0.3 is 12.2 Å². The zero-order valence-electron chi connectivity index (χ0n) is 24.1. The summed E-state index contributed by atoms with van der Waals surface area (Å²) >= 11 is 0. The molecule has 1 atom stereocenters. The molecule has 0 fully saturated rings. The van der Waals surface area contributed by atoms with Gasteiger partial charge in [-0.2, -0.15) is 4.90 Å². The second kappa shape index (κ2) is 10.2. The number of allylic oxidation sites excluding steroid dienone is 1. The molecule has 1 aromatic carbocycles. The van der Waals surface area contributed by atoms with Crippen LogP contribution in [-0.4, -0.2) is 61.5 Å². The second-order valence-electron chi connectivity index (χ2n) is 11.5. The van der Waals surface area contributed by atoms with Crippen LogP contribution in [0.1, 0.15) is 61.4 Å². The van der Waals surface area contributed by atoms with Crippen molar-refractivity contribution in [3.05, 3.63) is 41.7 Å². The summed E-state index contributed by atoms with van der Waals surface area (Å²) in [5, 5.41) is 15.8. The lowest BCUT2D eigenvalue weighted by Gasteiger charge is -2.30. The Labute approximate surface area is 232 Å². The van der Waals surface area contributed by atoms with Crippen LogP contribution >= 0.6 is 0 Å². The van der Waals surface area contributed by atoms with E-state index in [-0.39, 0.29) is 17.8 Å². The third-order valence-corrected chi connectivity index (χ3v) is 6.06. The quantitative estimate of drug-likeness (QED) is 0.482. The molecule has 212 valence electrons. The second-order valence-corrected chi connectivity index (χ2v) is 11.5. The van der Waals surface area contributed by atoms with E-state index in [0.717, 1.165) is 10.6 Å². The number of hydrogen-bond donors (Lipinski definition) is 1. The average molecular weight is 551 g/mol. The number of fused-ring (bicyclic) bond motifs is 2. The number of anilines is 3. The predicted molar refractivity (Wildman–Crippen MR) is 149 cm³/mol. The number of rotatable bonds is 3. The number of carbonyl (C=O) groups excluding carboxylic acids is 3. The molecule has 0 unspecified atom stereocenters. The van der Waals surface area contributed by atoms with Crippen molar-refractivity contribution in [3.63, 3.8) is 0 Å². The Kier molecular flexibility index (Phi) is 7.26. The highest BCUT2D eigenvalue weighted by Crippen LogP contribution is 2.34. The number of nitrogens with one attached hydrogen (secondary N) is 1. The fourth-order valence-electron chi connectivity index (χ4n) is 4.25. The first-order valence-corrected chi connectivity index (χ1v) is 12.8. The van der Waals surface area contributed by atoms with Crippen molar-refractivity contribution in [1.29, 1.82) is 0 Å². The third kappa shape index (κ3) is 5.72. The topological polar surface area (TPSA) is 145 Å². The summed E-state index contributed by atoms with van der Waals surface area (Å²) in [5.41, 5.74) is 0.0243. The normalized spacial score (nSPS) is 15.5. The van der Waals surface area contributed by atoms with Gasteiger partial charge in [0.1, 0.15) is 11.2 Å². The van der Waals surface area contributed by atoms with E-state index in [4.69, 9.17) is 9.47 Å². The molecule has 0 radical (unpaired) electrons. The van der Waals surface area contributed by atoms with Crippen molar-refractivity contribution in [2.75, 3.05) is 22.2 Å². The molecule has 1 aliphatic rings. The molecule has 13 nitrogen and oxygen atoms in total. The van der Waals surface area contributed by atoms with Gasteiger partial charge in [0.15, 0.2) is 5.82 Å². The molecule has 3 amide bonds. The maximum atomic E-state index is 13.4. The number of imide groups is 1. The number of nitrogens with zero attached hydrogens (tertiary/aromatic N) is 7. The summed E-state index contributed by atoms with van der Waals surface area (Å²) in [6.45, 7) is 13.9. The van der Waals surface area contributed by atoms with Crippen LogP contribution in [0.15, 0.2) is 41.7 Å². The lowest BCUT2D eigenvalue weighted by molar-refractivity contribution is -0.113. The van der Waals surface area contributed by atoms with E-state index >= 15 is 0 Å². The van der Waals surface area contributed by atoms with E-state index < -0.39 is 23.4 Å². The fraction of sp³-hybridized carbons (Fsp3) is 0.444. The van der Waals surface area contributed by atoms with Gasteiger partial charge in [0, 0.05) is 30.0 Å². The Bertz CT molecular complexity index is 1490. The first-order valence-electron chi connectivity index (χ1n) is 12.8. The van der Waals surface area contributed by atoms with Gasteiger partial charge in [-0.25, -0.2) is 19.3 Å². The van der Waals surface area contributed by atoms with E-state index in [9.17, 15) is 14.4 Å². The summed E-state index contributed by atoms with van der Waals surface area (Å²) in [6, 6.07) is 6.41. The van der Waals surface area contributed by atoms with Crippen LogP contribution in [-0.2, 0) is 14.3 Å². The molecular formula is C27H34N8O5. The van der Waals surface area contributed by atoms with E-state index in [1.807, 2.05) is 13.8 Å². The maximum Gasteiger partial charge on any atom is 0.425 e. The summed E-state index contributed by atoms with van der Waals surface area (Å²) in [5.74, 6) is 0.286. The SMILES string of the molecule is CC1=C(C(=O)Nc2ccc3c(N(C(=O)OC(C)(C)C)C(=O)OC(C)(C)C)nccc3c2)[C@@H](C)n2nnnc2N1C. The van der Waals surface area contributed by atoms with Gasteiger partial charge in [0.2, 0.25) is 5.95 Å².